The van der Waals surface area contributed by atoms with Crippen LogP contribution in [-0.2, 0) is 11.3 Å². The average Bonchev–Trinajstić information content (AvgIpc) is 2.75. The van der Waals surface area contributed by atoms with Crippen molar-refractivity contribution in [1.82, 2.24) is 4.90 Å². The van der Waals surface area contributed by atoms with Crippen LogP contribution in [0.4, 0.5) is 8.78 Å². The predicted molar refractivity (Wildman–Crippen MR) is 73.7 cm³/mol. The van der Waals surface area contributed by atoms with Crippen LogP contribution >= 0.6 is 11.6 Å². The summed E-state index contributed by atoms with van der Waals surface area (Å²) < 4.78 is 29.3. The Kier molecular flexibility index (Phi) is 4.68. The number of benzene rings is 1. The lowest BCUT2D eigenvalue weighted by Gasteiger charge is -2.21. The van der Waals surface area contributed by atoms with E-state index in [4.69, 9.17) is 11.6 Å². The molecular formula is C14H16ClF2NO3. The van der Waals surface area contributed by atoms with Crippen molar-refractivity contribution in [3.05, 3.63) is 28.8 Å². The molecule has 0 radical (unpaired) electrons. The molecule has 0 aliphatic carbocycles. The number of carbonyl (C=O) groups is 1. The number of ether oxygens (including phenoxy) is 1. The minimum atomic E-state index is -2.91. The molecule has 7 heteroatoms. The zero-order chi connectivity index (χ0) is 15.6. The van der Waals surface area contributed by atoms with Gasteiger partial charge in [0.15, 0.2) is 0 Å². The van der Waals surface area contributed by atoms with Gasteiger partial charge in [0.1, 0.15) is 5.75 Å². The summed E-state index contributed by atoms with van der Waals surface area (Å²) in [6.07, 6.45) is 0.522. The molecule has 0 aromatic heterocycles. The number of likely N-dealkylation sites (tertiary alicyclic amines) is 1. The van der Waals surface area contributed by atoms with Gasteiger partial charge >= 0.3 is 12.6 Å². The number of alkyl halides is 2. The number of hydrogen-bond donors (Lipinski definition) is 1. The number of rotatable bonds is 5. The molecule has 0 amide bonds. The van der Waals surface area contributed by atoms with E-state index in [0.29, 0.717) is 36.6 Å². The van der Waals surface area contributed by atoms with E-state index in [1.807, 2.05) is 4.90 Å². The molecule has 1 saturated heterocycles. The Hall–Kier alpha value is -1.40. The molecule has 0 saturated carbocycles. The highest BCUT2D eigenvalue weighted by Gasteiger charge is 2.40. The Morgan fingerprint density at radius 2 is 2.29 bits per heavy atom. The first-order valence-corrected chi connectivity index (χ1v) is 6.87. The summed E-state index contributed by atoms with van der Waals surface area (Å²) in [5, 5.41) is 9.63. The number of nitrogens with zero attached hydrogens (tertiary/aromatic N) is 1. The third-order valence-corrected chi connectivity index (χ3v) is 3.94. The van der Waals surface area contributed by atoms with Crippen LogP contribution in [0.5, 0.6) is 5.75 Å². The SMILES string of the molecule is CC1(C(=O)O)CCN(Cc2cc(Cl)ccc2OC(F)F)C1. The Morgan fingerprint density at radius 1 is 1.57 bits per heavy atom. The van der Waals surface area contributed by atoms with E-state index < -0.39 is 18.0 Å². The lowest BCUT2D eigenvalue weighted by molar-refractivity contribution is -0.147. The van der Waals surface area contributed by atoms with Gasteiger partial charge in [0.2, 0.25) is 0 Å². The number of hydrogen-bond acceptors (Lipinski definition) is 3. The van der Waals surface area contributed by atoms with Crippen molar-refractivity contribution >= 4 is 17.6 Å². The second-order valence-electron chi connectivity index (χ2n) is 5.46. The van der Waals surface area contributed by atoms with Crippen LogP contribution < -0.4 is 4.74 Å². The van der Waals surface area contributed by atoms with Gasteiger partial charge in [-0.05, 0) is 38.1 Å². The molecular weight excluding hydrogens is 304 g/mol. The van der Waals surface area contributed by atoms with Gasteiger partial charge in [0.05, 0.1) is 5.41 Å². The highest BCUT2D eigenvalue weighted by Crippen LogP contribution is 2.33. The maximum Gasteiger partial charge on any atom is 0.387 e. The molecule has 4 nitrogen and oxygen atoms in total. The summed E-state index contributed by atoms with van der Waals surface area (Å²) >= 11 is 5.89. The van der Waals surface area contributed by atoms with Crippen LogP contribution in [0, 0.1) is 5.41 Å². The highest BCUT2D eigenvalue weighted by atomic mass is 35.5. The summed E-state index contributed by atoms with van der Waals surface area (Å²) in [5.41, 5.74) is -0.278. The van der Waals surface area contributed by atoms with Gasteiger partial charge in [-0.2, -0.15) is 8.78 Å². The van der Waals surface area contributed by atoms with Crippen molar-refractivity contribution in [2.45, 2.75) is 26.5 Å². The fraction of sp³-hybridized carbons (Fsp3) is 0.500. The Labute approximate surface area is 126 Å². The minimum absolute atomic E-state index is 0.0679. The van der Waals surface area contributed by atoms with Crippen molar-refractivity contribution in [2.24, 2.45) is 5.41 Å². The molecule has 1 aromatic carbocycles. The predicted octanol–water partition coefficient (Wildman–Crippen LogP) is 3.24. The zero-order valence-corrected chi connectivity index (χ0v) is 12.2. The van der Waals surface area contributed by atoms with Crippen LogP contribution in [0.1, 0.15) is 18.9 Å². The molecule has 0 bridgehead atoms. The standard InChI is InChI=1S/C14H16ClF2NO3/c1-14(12(19)20)4-5-18(8-14)7-9-6-10(15)2-3-11(9)21-13(16)17/h2-3,6,13H,4-5,7-8H2,1H3,(H,19,20). The summed E-state index contributed by atoms with van der Waals surface area (Å²) in [6.45, 7) is 0.0506. The van der Waals surface area contributed by atoms with Gasteiger partial charge in [-0.3, -0.25) is 9.69 Å². The van der Waals surface area contributed by atoms with E-state index in [-0.39, 0.29) is 5.75 Å². The Morgan fingerprint density at radius 3 is 2.86 bits per heavy atom. The summed E-state index contributed by atoms with van der Waals surface area (Å²) in [5.74, 6) is -0.779. The van der Waals surface area contributed by atoms with Gasteiger partial charge < -0.3 is 9.84 Å². The first kappa shape index (κ1) is 16.0. The Bertz CT molecular complexity index is 541. The van der Waals surface area contributed by atoms with E-state index in [2.05, 4.69) is 4.74 Å². The second kappa shape index (κ2) is 6.15. The van der Waals surface area contributed by atoms with E-state index in [1.54, 1.807) is 13.0 Å². The van der Waals surface area contributed by atoms with Crippen molar-refractivity contribution < 1.29 is 23.4 Å². The molecule has 116 valence electrons. The number of halogens is 3. The van der Waals surface area contributed by atoms with Crippen molar-refractivity contribution in [1.29, 1.82) is 0 Å². The topological polar surface area (TPSA) is 49.8 Å². The molecule has 1 N–H and O–H groups in total. The molecule has 1 fully saturated rings. The molecule has 1 atom stereocenters. The maximum absolute atomic E-state index is 12.4. The summed E-state index contributed by atoms with van der Waals surface area (Å²) in [7, 11) is 0. The molecule has 1 heterocycles. The van der Waals surface area contributed by atoms with Crippen LogP contribution in [0.15, 0.2) is 18.2 Å². The third-order valence-electron chi connectivity index (χ3n) is 3.70. The fourth-order valence-corrected chi connectivity index (χ4v) is 2.68. The quantitative estimate of drug-likeness (QED) is 0.905. The summed E-state index contributed by atoms with van der Waals surface area (Å²) in [6, 6.07) is 4.44. The lowest BCUT2D eigenvalue weighted by Crippen LogP contribution is -2.31. The number of carboxylic acids is 1. The van der Waals surface area contributed by atoms with Crippen LogP contribution in [-0.4, -0.2) is 35.7 Å². The number of carboxylic acid groups (broad SMARTS) is 1. The Balaban J connectivity index is 2.13. The smallest absolute Gasteiger partial charge is 0.387 e. The normalized spacial score (nSPS) is 22.7. The first-order valence-electron chi connectivity index (χ1n) is 6.49. The van der Waals surface area contributed by atoms with Gasteiger partial charge in [-0.25, -0.2) is 0 Å². The van der Waals surface area contributed by atoms with Gasteiger partial charge in [0, 0.05) is 23.7 Å². The minimum Gasteiger partial charge on any atom is -0.481 e. The molecule has 1 aromatic rings. The van der Waals surface area contributed by atoms with Gasteiger partial charge in [-0.15, -0.1) is 0 Å². The van der Waals surface area contributed by atoms with E-state index in [9.17, 15) is 18.7 Å². The molecule has 1 aliphatic rings. The van der Waals surface area contributed by atoms with E-state index in [1.165, 1.54) is 12.1 Å². The first-order chi connectivity index (χ1) is 9.80. The van der Waals surface area contributed by atoms with Crippen molar-refractivity contribution in [3.8, 4) is 5.75 Å². The third kappa shape index (κ3) is 3.83. The fourth-order valence-electron chi connectivity index (χ4n) is 2.49. The second-order valence-corrected chi connectivity index (χ2v) is 5.89. The zero-order valence-electron chi connectivity index (χ0n) is 11.5. The van der Waals surface area contributed by atoms with Crippen LogP contribution in [0.3, 0.4) is 0 Å². The largest absolute Gasteiger partial charge is 0.481 e. The van der Waals surface area contributed by atoms with Crippen molar-refractivity contribution in [3.63, 3.8) is 0 Å². The van der Waals surface area contributed by atoms with E-state index in [0.717, 1.165) is 0 Å². The lowest BCUT2D eigenvalue weighted by atomic mass is 9.90. The van der Waals surface area contributed by atoms with Gasteiger partial charge in [0.25, 0.3) is 0 Å². The molecule has 0 spiro atoms. The molecule has 2 rings (SSSR count). The molecule has 21 heavy (non-hydrogen) atoms. The summed E-state index contributed by atoms with van der Waals surface area (Å²) in [4.78, 5) is 13.1. The maximum atomic E-state index is 12.4. The monoisotopic (exact) mass is 319 g/mol. The van der Waals surface area contributed by atoms with Crippen molar-refractivity contribution in [2.75, 3.05) is 13.1 Å². The average molecular weight is 320 g/mol. The van der Waals surface area contributed by atoms with E-state index >= 15 is 0 Å². The highest BCUT2D eigenvalue weighted by molar-refractivity contribution is 6.30. The molecule has 1 unspecified atom stereocenters. The van der Waals surface area contributed by atoms with Crippen LogP contribution in [0.2, 0.25) is 5.02 Å². The van der Waals surface area contributed by atoms with Crippen LogP contribution in [0.25, 0.3) is 0 Å². The van der Waals surface area contributed by atoms with Gasteiger partial charge in [-0.1, -0.05) is 11.6 Å². The molecule has 1 aliphatic heterocycles. The number of aliphatic carboxylic acids is 1.